The molecule has 2 aromatic carbocycles. The molecule has 0 bridgehead atoms. The predicted octanol–water partition coefficient (Wildman–Crippen LogP) is 5.84. The summed E-state index contributed by atoms with van der Waals surface area (Å²) in [6.07, 6.45) is 8.04. The number of hydrogen-bond acceptors (Lipinski definition) is 5. The molecule has 41 heavy (non-hydrogen) atoms. The smallest absolute Gasteiger partial charge is 0.337 e. The summed E-state index contributed by atoms with van der Waals surface area (Å²) < 4.78 is 19.1. The Morgan fingerprint density at radius 3 is 2.34 bits per heavy atom. The summed E-state index contributed by atoms with van der Waals surface area (Å²) in [6.45, 7) is 4.32. The van der Waals surface area contributed by atoms with Crippen LogP contribution in [0.2, 0.25) is 0 Å². The quantitative estimate of drug-likeness (QED) is 0.269. The molecule has 0 spiro atoms. The maximum absolute atomic E-state index is 13.7. The Bertz CT molecular complexity index is 1380. The molecule has 216 valence electrons. The van der Waals surface area contributed by atoms with E-state index < -0.39 is 17.6 Å². The third-order valence-corrected chi connectivity index (χ3v) is 7.61. The second-order valence-corrected chi connectivity index (χ2v) is 11.0. The highest BCUT2D eigenvalue weighted by molar-refractivity contribution is 6.06. The molecule has 1 aliphatic carbocycles. The van der Waals surface area contributed by atoms with Gasteiger partial charge in [0.1, 0.15) is 11.9 Å². The normalized spacial score (nSPS) is 24.0. The van der Waals surface area contributed by atoms with Crippen molar-refractivity contribution in [1.29, 1.82) is 0 Å². The van der Waals surface area contributed by atoms with Crippen LogP contribution in [0.5, 0.6) is 0 Å². The van der Waals surface area contributed by atoms with E-state index in [-0.39, 0.29) is 36.1 Å². The maximum Gasteiger partial charge on any atom is 0.337 e. The van der Waals surface area contributed by atoms with Crippen LogP contribution in [-0.2, 0) is 9.53 Å². The van der Waals surface area contributed by atoms with Gasteiger partial charge in [-0.05, 0) is 59.2 Å². The van der Waals surface area contributed by atoms with E-state index in [0.29, 0.717) is 24.8 Å². The number of carbonyl (C=O) groups excluding carboxylic acids is 1. The number of nitrogens with one attached hydrogen (secondary N) is 1. The molecule has 7 nitrogen and oxygen atoms in total. The van der Waals surface area contributed by atoms with Crippen LogP contribution >= 0.6 is 0 Å². The molecule has 2 unspecified atom stereocenters. The van der Waals surface area contributed by atoms with Gasteiger partial charge in [-0.3, -0.25) is 4.79 Å². The minimum Gasteiger partial charge on any atom is -0.478 e. The summed E-state index contributed by atoms with van der Waals surface area (Å²) in [4.78, 5) is 24.5. The van der Waals surface area contributed by atoms with Crippen LogP contribution in [0.1, 0.15) is 61.0 Å². The number of aromatic carboxylic acids is 1. The van der Waals surface area contributed by atoms with Gasteiger partial charge in [0.05, 0.1) is 18.1 Å². The monoisotopic (exact) mass is 560 g/mol. The number of esters is 1. The lowest BCUT2D eigenvalue weighted by Crippen LogP contribution is -2.49. The second kappa shape index (κ2) is 13.1. The molecule has 0 amide bonds. The van der Waals surface area contributed by atoms with Crippen molar-refractivity contribution < 1.29 is 28.9 Å². The zero-order chi connectivity index (χ0) is 29.6. The Labute approximate surface area is 239 Å². The third-order valence-electron chi connectivity index (χ3n) is 7.61. The highest BCUT2D eigenvalue weighted by Crippen LogP contribution is 2.44. The van der Waals surface area contributed by atoms with Crippen molar-refractivity contribution in [1.82, 2.24) is 4.98 Å². The van der Waals surface area contributed by atoms with Crippen LogP contribution in [-0.4, -0.2) is 44.9 Å². The Morgan fingerprint density at radius 1 is 1.10 bits per heavy atom. The van der Waals surface area contributed by atoms with Gasteiger partial charge in [-0.15, -0.1) is 0 Å². The molecule has 1 fully saturated rings. The van der Waals surface area contributed by atoms with Crippen LogP contribution in [0.25, 0.3) is 11.1 Å². The van der Waals surface area contributed by atoms with E-state index >= 15 is 0 Å². The van der Waals surface area contributed by atoms with Crippen molar-refractivity contribution in [2.45, 2.75) is 57.3 Å². The highest BCUT2D eigenvalue weighted by Gasteiger charge is 2.39. The zero-order valence-corrected chi connectivity index (χ0v) is 23.3. The number of carbonyl (C=O) groups is 2. The molecule has 1 aliphatic heterocycles. The van der Waals surface area contributed by atoms with Crippen molar-refractivity contribution in [3.63, 3.8) is 0 Å². The van der Waals surface area contributed by atoms with Crippen molar-refractivity contribution in [3.8, 4) is 0 Å². The molecule has 2 heterocycles. The SMILES string of the molecule is CC(C)C1C=C(c2ccccc2)C(c2ccc(F)cc2)=CC1(N)CC[C@@H]1C[C@@H](O)CC(=O)O1.O=C(O)c1cc[nH]c1. The number of aromatic nitrogens is 1. The third kappa shape index (κ3) is 7.60. The summed E-state index contributed by atoms with van der Waals surface area (Å²) in [5.41, 5.74) is 10.8. The number of carboxylic acids is 1. The molecule has 1 aromatic heterocycles. The number of aromatic amines is 1. The number of nitrogens with two attached hydrogens (primary N) is 1. The Kier molecular flexibility index (Phi) is 9.57. The second-order valence-electron chi connectivity index (χ2n) is 11.0. The molecule has 1 saturated heterocycles. The standard InChI is InChI=1S/C28H32FNO3.C5H5NO2/c1-18(2)26-16-24(19-6-4-3-5-7-19)25(20-8-10-21(29)11-9-20)17-28(26,30)13-12-23-14-22(31)15-27(32)33-23;7-5(8)4-1-2-6-3-4/h3-11,16-18,22-23,26,31H,12-15,30H2,1-2H3;1-3,6H,(H,7,8)/t22-,23-,26?,28?;/m1./s1. The summed E-state index contributed by atoms with van der Waals surface area (Å²) in [7, 11) is 0. The average Bonchev–Trinajstić information content (AvgIpc) is 3.48. The predicted molar refractivity (Wildman–Crippen MR) is 156 cm³/mol. The van der Waals surface area contributed by atoms with E-state index in [4.69, 9.17) is 15.6 Å². The lowest BCUT2D eigenvalue weighted by molar-refractivity contribution is -0.160. The molecule has 4 atom stereocenters. The van der Waals surface area contributed by atoms with Crippen molar-refractivity contribution in [3.05, 3.63) is 108 Å². The van der Waals surface area contributed by atoms with Crippen molar-refractivity contribution in [2.75, 3.05) is 0 Å². The van der Waals surface area contributed by atoms with Gasteiger partial charge in [0, 0.05) is 30.3 Å². The van der Waals surface area contributed by atoms with Crippen molar-refractivity contribution in [2.24, 2.45) is 17.6 Å². The largest absolute Gasteiger partial charge is 0.478 e. The molecule has 2 aliphatic rings. The number of aliphatic hydroxyl groups is 1. The molecule has 0 saturated carbocycles. The number of ether oxygens (including phenoxy) is 1. The van der Waals surface area contributed by atoms with Gasteiger partial charge in [0.25, 0.3) is 0 Å². The highest BCUT2D eigenvalue weighted by atomic mass is 19.1. The van der Waals surface area contributed by atoms with Crippen LogP contribution < -0.4 is 5.73 Å². The zero-order valence-electron chi connectivity index (χ0n) is 23.3. The first-order valence-electron chi connectivity index (χ1n) is 13.8. The molecular formula is C33H37FN2O5. The molecule has 3 aromatic rings. The number of hydrogen-bond donors (Lipinski definition) is 4. The fraction of sp³-hybridized carbons (Fsp3) is 0.333. The van der Waals surface area contributed by atoms with E-state index in [2.05, 4.69) is 43.1 Å². The Morgan fingerprint density at radius 2 is 1.78 bits per heavy atom. The van der Waals surface area contributed by atoms with E-state index in [0.717, 1.165) is 22.3 Å². The minimum absolute atomic E-state index is 0.0523. The summed E-state index contributed by atoms with van der Waals surface area (Å²) >= 11 is 0. The fourth-order valence-corrected chi connectivity index (χ4v) is 5.56. The van der Waals surface area contributed by atoms with Crippen molar-refractivity contribution >= 4 is 23.1 Å². The maximum atomic E-state index is 13.7. The Hall–Kier alpha value is -4.01. The number of cyclic esters (lactones) is 1. The number of allylic oxidation sites excluding steroid dienone is 2. The first-order valence-corrected chi connectivity index (χ1v) is 13.8. The number of H-pyrrole nitrogens is 1. The number of rotatable bonds is 7. The Balaban J connectivity index is 0.000000417. The lowest BCUT2D eigenvalue weighted by atomic mass is 9.67. The van der Waals surface area contributed by atoms with E-state index in [1.54, 1.807) is 18.3 Å². The van der Waals surface area contributed by atoms with E-state index in [1.807, 2.05) is 18.2 Å². The van der Waals surface area contributed by atoms with Crippen LogP contribution in [0, 0.1) is 17.7 Å². The first kappa shape index (κ1) is 30.0. The molecular weight excluding hydrogens is 523 g/mol. The fourth-order valence-electron chi connectivity index (χ4n) is 5.56. The number of benzene rings is 2. The first-order chi connectivity index (χ1) is 19.6. The van der Waals surface area contributed by atoms with E-state index in [1.165, 1.54) is 24.4 Å². The topological polar surface area (TPSA) is 126 Å². The molecule has 5 N–H and O–H groups in total. The summed E-state index contributed by atoms with van der Waals surface area (Å²) in [5, 5.41) is 18.2. The molecule has 0 radical (unpaired) electrons. The lowest BCUT2D eigenvalue weighted by Gasteiger charge is -2.42. The number of aliphatic hydroxyl groups excluding tert-OH is 1. The molecule has 8 heteroatoms. The minimum atomic E-state index is -0.897. The van der Waals surface area contributed by atoms with E-state index in [9.17, 15) is 19.1 Å². The van der Waals surface area contributed by atoms with Crippen LogP contribution in [0.15, 0.2) is 85.2 Å². The summed E-state index contributed by atoms with van der Waals surface area (Å²) in [5.74, 6) is -1.20. The number of halogens is 1. The molecule has 5 rings (SSSR count). The van der Waals surface area contributed by atoms with Gasteiger partial charge >= 0.3 is 11.9 Å². The van der Waals surface area contributed by atoms with Gasteiger partial charge in [0.15, 0.2) is 0 Å². The van der Waals surface area contributed by atoms with Gasteiger partial charge in [-0.2, -0.15) is 0 Å². The van der Waals surface area contributed by atoms with Gasteiger partial charge in [0.2, 0.25) is 0 Å². The van der Waals surface area contributed by atoms with Crippen LogP contribution in [0.4, 0.5) is 4.39 Å². The van der Waals surface area contributed by atoms with Gasteiger partial charge < -0.3 is 25.7 Å². The van der Waals surface area contributed by atoms with Gasteiger partial charge in [-0.25, -0.2) is 9.18 Å². The summed E-state index contributed by atoms with van der Waals surface area (Å²) in [6, 6.07) is 18.2. The van der Waals surface area contributed by atoms with Gasteiger partial charge in [-0.1, -0.05) is 68.5 Å². The average molecular weight is 561 g/mol. The number of carboxylic acid groups (broad SMARTS) is 1. The van der Waals surface area contributed by atoms with Crippen LogP contribution in [0.3, 0.4) is 0 Å².